The normalized spacial score (nSPS) is 22.4. The Hall–Kier alpha value is -1.98. The van der Waals surface area contributed by atoms with Crippen LogP contribution < -0.4 is 0 Å². The first-order chi connectivity index (χ1) is 10.2. The molecule has 21 heavy (non-hydrogen) atoms. The molecule has 3 heterocycles. The van der Waals surface area contributed by atoms with E-state index in [1.807, 2.05) is 25.1 Å². The van der Waals surface area contributed by atoms with Gasteiger partial charge in [-0.3, -0.25) is 4.98 Å². The third-order valence-electron chi connectivity index (χ3n) is 4.21. The van der Waals surface area contributed by atoms with Crippen LogP contribution in [-0.4, -0.2) is 38.5 Å². The highest BCUT2D eigenvalue weighted by Crippen LogP contribution is 2.28. The van der Waals surface area contributed by atoms with E-state index in [2.05, 4.69) is 20.6 Å². The fourth-order valence-electron chi connectivity index (χ4n) is 3.09. The molecule has 0 bridgehead atoms. The smallest absolute Gasteiger partial charge is 0.108 e. The molecule has 1 aromatic carbocycles. The monoisotopic (exact) mass is 283 g/mol. The summed E-state index contributed by atoms with van der Waals surface area (Å²) < 4.78 is 7.44. The lowest BCUT2D eigenvalue weighted by Gasteiger charge is -2.22. The number of hydrogen-bond acceptors (Lipinski definition) is 4. The van der Waals surface area contributed by atoms with Gasteiger partial charge in [-0.25, -0.2) is 4.98 Å². The standard InChI is InChI=1S/C16H17N3O2/c1-11-18-14-8-17-13-5-3-2-4-12(13)15(14)19(11)9-16(20)6-7-21-10-16/h2-5,8,20H,6-7,9-10H2,1H3. The van der Waals surface area contributed by atoms with Crippen molar-refractivity contribution in [2.45, 2.75) is 25.5 Å². The number of imidazole rings is 1. The number of benzene rings is 1. The van der Waals surface area contributed by atoms with E-state index in [4.69, 9.17) is 4.74 Å². The van der Waals surface area contributed by atoms with Gasteiger partial charge in [0.1, 0.15) is 16.9 Å². The van der Waals surface area contributed by atoms with E-state index >= 15 is 0 Å². The Morgan fingerprint density at radius 1 is 1.33 bits per heavy atom. The van der Waals surface area contributed by atoms with Crippen LogP contribution in [0.3, 0.4) is 0 Å². The van der Waals surface area contributed by atoms with Gasteiger partial charge in [-0.1, -0.05) is 18.2 Å². The molecule has 1 aliphatic heterocycles. The van der Waals surface area contributed by atoms with E-state index < -0.39 is 5.60 Å². The third-order valence-corrected chi connectivity index (χ3v) is 4.21. The van der Waals surface area contributed by atoms with Crippen molar-refractivity contribution in [3.05, 3.63) is 36.3 Å². The zero-order chi connectivity index (χ0) is 14.4. The molecule has 1 N–H and O–H groups in total. The van der Waals surface area contributed by atoms with Crippen molar-refractivity contribution < 1.29 is 9.84 Å². The van der Waals surface area contributed by atoms with Gasteiger partial charge in [0.15, 0.2) is 0 Å². The summed E-state index contributed by atoms with van der Waals surface area (Å²) in [6, 6.07) is 8.03. The highest BCUT2D eigenvalue weighted by Gasteiger charge is 2.33. The molecule has 1 unspecified atom stereocenters. The minimum atomic E-state index is -0.803. The molecule has 0 radical (unpaired) electrons. The van der Waals surface area contributed by atoms with Crippen LogP contribution in [0.4, 0.5) is 0 Å². The predicted molar refractivity (Wildman–Crippen MR) is 80.2 cm³/mol. The molecule has 108 valence electrons. The van der Waals surface area contributed by atoms with Gasteiger partial charge in [-0.2, -0.15) is 0 Å². The van der Waals surface area contributed by atoms with Crippen LogP contribution in [0.15, 0.2) is 30.5 Å². The first kappa shape index (κ1) is 12.7. The molecule has 5 heteroatoms. The summed E-state index contributed by atoms with van der Waals surface area (Å²) in [7, 11) is 0. The number of pyridine rings is 1. The molecule has 0 spiro atoms. The first-order valence-electron chi connectivity index (χ1n) is 7.17. The van der Waals surface area contributed by atoms with E-state index in [-0.39, 0.29) is 0 Å². The summed E-state index contributed by atoms with van der Waals surface area (Å²) in [6.07, 6.45) is 2.46. The second-order valence-electron chi connectivity index (χ2n) is 5.78. The molecule has 5 nitrogen and oxygen atoms in total. The number of nitrogens with zero attached hydrogens (tertiary/aromatic N) is 3. The van der Waals surface area contributed by atoms with Crippen LogP contribution in [-0.2, 0) is 11.3 Å². The molecule has 2 aromatic heterocycles. The molecule has 0 saturated carbocycles. The number of hydrogen-bond donors (Lipinski definition) is 1. The number of aryl methyl sites for hydroxylation is 1. The Bertz CT molecular complexity index is 819. The van der Waals surface area contributed by atoms with Crippen LogP contribution in [0.2, 0.25) is 0 Å². The predicted octanol–water partition coefficient (Wildman–Crippen LogP) is 2.04. The zero-order valence-electron chi connectivity index (χ0n) is 11.9. The Balaban J connectivity index is 1.94. The maximum absolute atomic E-state index is 10.6. The number of fused-ring (bicyclic) bond motifs is 3. The van der Waals surface area contributed by atoms with Gasteiger partial charge in [0, 0.05) is 18.4 Å². The fourth-order valence-corrected chi connectivity index (χ4v) is 3.09. The third kappa shape index (κ3) is 2.01. The van der Waals surface area contributed by atoms with Gasteiger partial charge in [0.25, 0.3) is 0 Å². The van der Waals surface area contributed by atoms with Crippen LogP contribution >= 0.6 is 0 Å². The number of para-hydroxylation sites is 1. The quantitative estimate of drug-likeness (QED) is 0.782. The number of ether oxygens (including phenoxy) is 1. The zero-order valence-corrected chi connectivity index (χ0v) is 11.9. The molecular formula is C16H17N3O2. The molecule has 3 aromatic rings. The Morgan fingerprint density at radius 2 is 2.19 bits per heavy atom. The second kappa shape index (κ2) is 4.51. The summed E-state index contributed by atoms with van der Waals surface area (Å²) in [4.78, 5) is 9.03. The van der Waals surface area contributed by atoms with Gasteiger partial charge in [0.05, 0.1) is 30.4 Å². The molecule has 4 rings (SSSR count). The van der Waals surface area contributed by atoms with Crippen LogP contribution in [0.1, 0.15) is 12.2 Å². The molecule has 1 aliphatic rings. The van der Waals surface area contributed by atoms with Crippen LogP contribution in [0, 0.1) is 6.92 Å². The second-order valence-corrected chi connectivity index (χ2v) is 5.78. The number of rotatable bonds is 2. The van der Waals surface area contributed by atoms with Gasteiger partial charge in [-0.05, 0) is 13.0 Å². The van der Waals surface area contributed by atoms with Crippen LogP contribution in [0.25, 0.3) is 21.9 Å². The van der Waals surface area contributed by atoms with E-state index in [1.54, 1.807) is 6.20 Å². The largest absolute Gasteiger partial charge is 0.386 e. The average molecular weight is 283 g/mol. The van der Waals surface area contributed by atoms with Crippen molar-refractivity contribution in [1.29, 1.82) is 0 Å². The highest BCUT2D eigenvalue weighted by atomic mass is 16.5. The minimum Gasteiger partial charge on any atom is -0.386 e. The van der Waals surface area contributed by atoms with E-state index in [0.29, 0.717) is 26.2 Å². The number of aromatic nitrogens is 3. The Morgan fingerprint density at radius 3 is 3.00 bits per heavy atom. The van der Waals surface area contributed by atoms with Crippen molar-refractivity contribution in [2.24, 2.45) is 0 Å². The molecule has 0 aliphatic carbocycles. The summed E-state index contributed by atoms with van der Waals surface area (Å²) in [5.74, 6) is 0.892. The van der Waals surface area contributed by atoms with Gasteiger partial charge < -0.3 is 14.4 Å². The van der Waals surface area contributed by atoms with Crippen molar-refractivity contribution in [2.75, 3.05) is 13.2 Å². The van der Waals surface area contributed by atoms with Gasteiger partial charge >= 0.3 is 0 Å². The van der Waals surface area contributed by atoms with Gasteiger partial charge in [-0.15, -0.1) is 0 Å². The van der Waals surface area contributed by atoms with Crippen molar-refractivity contribution >= 4 is 21.9 Å². The summed E-state index contributed by atoms with van der Waals surface area (Å²) in [5, 5.41) is 11.7. The SMILES string of the molecule is Cc1nc2cnc3ccccc3c2n1CC1(O)CCOC1. The minimum absolute atomic E-state index is 0.384. The fraction of sp³-hybridized carbons (Fsp3) is 0.375. The molecule has 0 amide bonds. The highest BCUT2D eigenvalue weighted by molar-refractivity contribution is 6.02. The Kier molecular flexibility index (Phi) is 2.74. The van der Waals surface area contributed by atoms with Crippen molar-refractivity contribution in [3.63, 3.8) is 0 Å². The van der Waals surface area contributed by atoms with Gasteiger partial charge in [0.2, 0.25) is 0 Å². The average Bonchev–Trinajstić information content (AvgIpc) is 3.04. The van der Waals surface area contributed by atoms with Crippen molar-refractivity contribution in [3.8, 4) is 0 Å². The lowest BCUT2D eigenvalue weighted by molar-refractivity contribution is 0.0123. The number of aliphatic hydroxyl groups is 1. The lowest BCUT2D eigenvalue weighted by atomic mass is 10.0. The summed E-state index contributed by atoms with van der Waals surface area (Å²) in [6.45, 7) is 3.47. The van der Waals surface area contributed by atoms with Crippen LogP contribution in [0.5, 0.6) is 0 Å². The lowest BCUT2D eigenvalue weighted by Crippen LogP contribution is -2.34. The Labute approximate surface area is 122 Å². The summed E-state index contributed by atoms with van der Waals surface area (Å²) >= 11 is 0. The summed E-state index contributed by atoms with van der Waals surface area (Å²) in [5.41, 5.74) is 2.05. The molecule has 1 atom stereocenters. The maximum atomic E-state index is 10.6. The first-order valence-corrected chi connectivity index (χ1v) is 7.17. The molecule has 1 fully saturated rings. The van der Waals surface area contributed by atoms with E-state index in [9.17, 15) is 5.11 Å². The van der Waals surface area contributed by atoms with E-state index in [0.717, 1.165) is 27.8 Å². The topological polar surface area (TPSA) is 60.2 Å². The maximum Gasteiger partial charge on any atom is 0.108 e. The molecular weight excluding hydrogens is 266 g/mol. The molecule has 1 saturated heterocycles. The van der Waals surface area contributed by atoms with E-state index in [1.165, 1.54) is 0 Å². The van der Waals surface area contributed by atoms with Crippen molar-refractivity contribution in [1.82, 2.24) is 14.5 Å².